The second-order valence-electron chi connectivity index (χ2n) is 4.10. The van der Waals surface area contributed by atoms with Gasteiger partial charge in [0.05, 0.1) is 16.9 Å². The Bertz CT molecular complexity index is 525. The highest BCUT2D eigenvalue weighted by atomic mass is 35.5. The molecule has 0 aliphatic heterocycles. The molecule has 1 N–H and O–H groups in total. The fraction of sp³-hybridized carbons (Fsp3) is 0.308. The Morgan fingerprint density at radius 2 is 2.28 bits per heavy atom. The maximum atomic E-state index is 13.3. The fourth-order valence-corrected chi connectivity index (χ4v) is 1.84. The number of halogens is 2. The van der Waals surface area contributed by atoms with Gasteiger partial charge in [-0.15, -0.1) is 0 Å². The van der Waals surface area contributed by atoms with Crippen molar-refractivity contribution in [2.75, 3.05) is 13.6 Å². The molecule has 0 aliphatic carbocycles. The highest BCUT2D eigenvalue weighted by molar-refractivity contribution is 6.30. The summed E-state index contributed by atoms with van der Waals surface area (Å²) >= 11 is 5.65. The Hall–Kier alpha value is -1.39. The van der Waals surface area contributed by atoms with Crippen molar-refractivity contribution in [3.8, 4) is 5.69 Å². The zero-order chi connectivity index (χ0) is 13.0. The molecule has 0 radical (unpaired) electrons. The van der Waals surface area contributed by atoms with Crippen LogP contribution in [0.1, 0.15) is 12.0 Å². The molecule has 0 fully saturated rings. The van der Waals surface area contributed by atoms with E-state index in [1.807, 2.05) is 19.4 Å². The zero-order valence-corrected chi connectivity index (χ0v) is 10.9. The van der Waals surface area contributed by atoms with Gasteiger partial charge in [-0.05, 0) is 44.1 Å². The molecule has 18 heavy (non-hydrogen) atoms. The van der Waals surface area contributed by atoms with E-state index in [1.165, 1.54) is 12.1 Å². The summed E-state index contributed by atoms with van der Waals surface area (Å²) in [6.07, 6.45) is 5.73. The molecule has 5 heteroatoms. The van der Waals surface area contributed by atoms with E-state index >= 15 is 0 Å². The van der Waals surface area contributed by atoms with Crippen LogP contribution in [0.4, 0.5) is 4.39 Å². The van der Waals surface area contributed by atoms with Gasteiger partial charge in [0.25, 0.3) is 0 Å². The van der Waals surface area contributed by atoms with Gasteiger partial charge in [0.15, 0.2) is 0 Å². The number of nitrogens with one attached hydrogen (secondary N) is 1. The second-order valence-corrected chi connectivity index (χ2v) is 4.51. The molecule has 0 bridgehead atoms. The number of benzene rings is 1. The smallest absolute Gasteiger partial charge is 0.143 e. The molecule has 1 aromatic carbocycles. The molecule has 0 saturated heterocycles. The van der Waals surface area contributed by atoms with Crippen molar-refractivity contribution >= 4 is 11.6 Å². The first kappa shape index (κ1) is 13.1. The molecule has 1 heterocycles. The highest BCUT2D eigenvalue weighted by Crippen LogP contribution is 2.18. The molecule has 2 aromatic rings. The van der Waals surface area contributed by atoms with E-state index in [1.54, 1.807) is 10.7 Å². The minimum absolute atomic E-state index is 0.125. The number of hydrogen-bond acceptors (Lipinski definition) is 2. The third-order valence-electron chi connectivity index (χ3n) is 2.70. The number of aromatic nitrogens is 2. The number of aryl methyl sites for hydroxylation is 1. The topological polar surface area (TPSA) is 29.9 Å². The summed E-state index contributed by atoms with van der Waals surface area (Å²) in [5.41, 5.74) is 1.82. The van der Waals surface area contributed by atoms with Gasteiger partial charge in [-0.1, -0.05) is 11.6 Å². The SMILES string of the molecule is CNCCCc1cnn(-c2ccc(Cl)c(F)c2)c1. The van der Waals surface area contributed by atoms with Gasteiger partial charge in [0.1, 0.15) is 5.82 Å². The summed E-state index contributed by atoms with van der Waals surface area (Å²) in [5.74, 6) is -0.429. The monoisotopic (exact) mass is 267 g/mol. The summed E-state index contributed by atoms with van der Waals surface area (Å²) in [7, 11) is 1.93. The van der Waals surface area contributed by atoms with Crippen molar-refractivity contribution in [2.24, 2.45) is 0 Å². The van der Waals surface area contributed by atoms with Crippen molar-refractivity contribution < 1.29 is 4.39 Å². The van der Waals surface area contributed by atoms with Crippen LogP contribution in [0.5, 0.6) is 0 Å². The van der Waals surface area contributed by atoms with E-state index < -0.39 is 5.82 Å². The molecule has 0 saturated carbocycles. The molecule has 1 aromatic heterocycles. The van der Waals surface area contributed by atoms with Crippen molar-refractivity contribution in [2.45, 2.75) is 12.8 Å². The van der Waals surface area contributed by atoms with Gasteiger partial charge < -0.3 is 5.32 Å². The van der Waals surface area contributed by atoms with E-state index in [0.717, 1.165) is 24.9 Å². The van der Waals surface area contributed by atoms with Crippen molar-refractivity contribution in [3.05, 3.63) is 47.0 Å². The zero-order valence-electron chi connectivity index (χ0n) is 10.2. The Balaban J connectivity index is 2.11. The van der Waals surface area contributed by atoms with Crippen LogP contribution in [-0.4, -0.2) is 23.4 Å². The first-order valence-electron chi connectivity index (χ1n) is 5.84. The van der Waals surface area contributed by atoms with E-state index in [0.29, 0.717) is 5.69 Å². The molecule has 0 atom stereocenters. The fourth-order valence-electron chi connectivity index (χ4n) is 1.73. The lowest BCUT2D eigenvalue weighted by molar-refractivity contribution is 0.626. The first-order chi connectivity index (χ1) is 8.70. The average molecular weight is 268 g/mol. The molecule has 2 rings (SSSR count). The summed E-state index contributed by atoms with van der Waals surface area (Å²) < 4.78 is 15.0. The Kier molecular flexibility index (Phi) is 4.33. The minimum atomic E-state index is -0.429. The van der Waals surface area contributed by atoms with Crippen LogP contribution < -0.4 is 5.32 Å². The van der Waals surface area contributed by atoms with Gasteiger partial charge in [-0.25, -0.2) is 9.07 Å². The Labute approximate surface area is 111 Å². The van der Waals surface area contributed by atoms with Crippen molar-refractivity contribution in [1.29, 1.82) is 0 Å². The highest BCUT2D eigenvalue weighted by Gasteiger charge is 2.04. The lowest BCUT2D eigenvalue weighted by atomic mass is 10.2. The summed E-state index contributed by atoms with van der Waals surface area (Å²) in [4.78, 5) is 0. The van der Waals surface area contributed by atoms with Gasteiger partial charge in [0, 0.05) is 12.3 Å². The summed E-state index contributed by atoms with van der Waals surface area (Å²) in [6, 6.07) is 4.66. The molecule has 0 spiro atoms. The van der Waals surface area contributed by atoms with Crippen LogP contribution in [-0.2, 0) is 6.42 Å². The van der Waals surface area contributed by atoms with Crippen LogP contribution in [0.15, 0.2) is 30.6 Å². The van der Waals surface area contributed by atoms with Crippen molar-refractivity contribution in [1.82, 2.24) is 15.1 Å². The maximum absolute atomic E-state index is 13.3. The van der Waals surface area contributed by atoms with E-state index in [4.69, 9.17) is 11.6 Å². The minimum Gasteiger partial charge on any atom is -0.320 e. The predicted molar refractivity (Wildman–Crippen MR) is 70.8 cm³/mol. The predicted octanol–water partition coefficient (Wildman–Crippen LogP) is 2.82. The molecule has 0 amide bonds. The average Bonchev–Trinajstić information content (AvgIpc) is 2.82. The standard InChI is InChI=1S/C13H15ClFN3/c1-16-6-2-3-10-8-17-18(9-10)11-4-5-12(14)13(15)7-11/h4-5,7-9,16H,2-3,6H2,1H3. The third-order valence-corrected chi connectivity index (χ3v) is 3.00. The Morgan fingerprint density at radius 1 is 1.44 bits per heavy atom. The van der Waals surface area contributed by atoms with Crippen LogP contribution in [0.25, 0.3) is 5.69 Å². The molecule has 0 unspecified atom stereocenters. The number of hydrogen-bond donors (Lipinski definition) is 1. The lowest BCUT2D eigenvalue weighted by Gasteiger charge is -2.02. The second kappa shape index (κ2) is 5.98. The third kappa shape index (κ3) is 3.09. The van der Waals surface area contributed by atoms with Crippen molar-refractivity contribution in [3.63, 3.8) is 0 Å². The normalized spacial score (nSPS) is 10.8. The number of rotatable bonds is 5. The lowest BCUT2D eigenvalue weighted by Crippen LogP contribution is -2.08. The van der Waals surface area contributed by atoms with Crippen LogP contribution in [0, 0.1) is 5.82 Å². The van der Waals surface area contributed by atoms with E-state index in [2.05, 4.69) is 10.4 Å². The molecule has 3 nitrogen and oxygen atoms in total. The van der Waals surface area contributed by atoms with Crippen LogP contribution >= 0.6 is 11.6 Å². The van der Waals surface area contributed by atoms with Gasteiger partial charge >= 0.3 is 0 Å². The summed E-state index contributed by atoms with van der Waals surface area (Å²) in [6.45, 7) is 0.973. The summed E-state index contributed by atoms with van der Waals surface area (Å²) in [5, 5.41) is 7.45. The quantitative estimate of drug-likeness (QED) is 0.845. The van der Waals surface area contributed by atoms with E-state index in [9.17, 15) is 4.39 Å². The van der Waals surface area contributed by atoms with Crippen LogP contribution in [0.3, 0.4) is 0 Å². The van der Waals surface area contributed by atoms with Gasteiger partial charge in [-0.3, -0.25) is 0 Å². The first-order valence-corrected chi connectivity index (χ1v) is 6.22. The molecular weight excluding hydrogens is 253 g/mol. The van der Waals surface area contributed by atoms with Crippen LogP contribution in [0.2, 0.25) is 5.02 Å². The van der Waals surface area contributed by atoms with Gasteiger partial charge in [0.2, 0.25) is 0 Å². The Morgan fingerprint density at radius 3 is 3.00 bits per heavy atom. The maximum Gasteiger partial charge on any atom is 0.143 e. The largest absolute Gasteiger partial charge is 0.320 e. The van der Waals surface area contributed by atoms with Gasteiger partial charge in [-0.2, -0.15) is 5.10 Å². The van der Waals surface area contributed by atoms with E-state index in [-0.39, 0.29) is 5.02 Å². The molecular formula is C13H15ClFN3. The molecule has 0 aliphatic rings. The number of nitrogens with zero attached hydrogens (tertiary/aromatic N) is 2. The molecule has 96 valence electrons.